The van der Waals surface area contributed by atoms with E-state index in [0.717, 1.165) is 0 Å². The number of aromatic nitrogens is 2. The maximum Gasteiger partial charge on any atom is 0.191 e. The average Bonchev–Trinajstić information content (AvgIpc) is 2.15. The lowest BCUT2D eigenvalue weighted by Crippen LogP contribution is -2.32. The Kier molecular flexibility index (Phi) is 4.37. The van der Waals surface area contributed by atoms with Crippen LogP contribution >= 0.6 is 11.8 Å². The van der Waals surface area contributed by atoms with Gasteiger partial charge in [-0.2, -0.15) is 0 Å². The number of nitrogens with two attached hydrogens (primary N) is 1. The van der Waals surface area contributed by atoms with E-state index in [0.29, 0.717) is 23.2 Å². The molecule has 5 nitrogen and oxygen atoms in total. The average molecular weight is 242 g/mol. The van der Waals surface area contributed by atoms with E-state index in [4.69, 9.17) is 10.8 Å². The molecule has 90 valence electrons. The van der Waals surface area contributed by atoms with Gasteiger partial charge in [0.25, 0.3) is 0 Å². The second kappa shape index (κ2) is 5.36. The largest absolute Gasteiger partial charge is 0.396 e. The van der Waals surface area contributed by atoms with Gasteiger partial charge in [0.1, 0.15) is 11.6 Å². The minimum atomic E-state index is -0.217. The van der Waals surface area contributed by atoms with Gasteiger partial charge in [-0.1, -0.05) is 11.8 Å². The fraction of sp³-hybridized carbons (Fsp3) is 0.600. The SMILES string of the molecule is CSc1nc(N)cc(NC(C)(C)CCO)n1. The van der Waals surface area contributed by atoms with Crippen molar-refractivity contribution in [1.82, 2.24) is 9.97 Å². The first-order chi connectivity index (χ1) is 7.46. The van der Waals surface area contributed by atoms with Crippen molar-refractivity contribution in [2.24, 2.45) is 0 Å². The van der Waals surface area contributed by atoms with Gasteiger partial charge in [0.15, 0.2) is 5.16 Å². The lowest BCUT2D eigenvalue weighted by atomic mass is 10.0. The summed E-state index contributed by atoms with van der Waals surface area (Å²) in [5.41, 5.74) is 5.46. The van der Waals surface area contributed by atoms with Gasteiger partial charge in [0.05, 0.1) is 0 Å². The van der Waals surface area contributed by atoms with Crippen LogP contribution in [0.25, 0.3) is 0 Å². The smallest absolute Gasteiger partial charge is 0.191 e. The van der Waals surface area contributed by atoms with Crippen molar-refractivity contribution in [3.8, 4) is 0 Å². The summed E-state index contributed by atoms with van der Waals surface area (Å²) >= 11 is 1.44. The third-order valence-electron chi connectivity index (χ3n) is 2.11. The zero-order valence-corrected chi connectivity index (χ0v) is 10.6. The van der Waals surface area contributed by atoms with Gasteiger partial charge in [-0.3, -0.25) is 0 Å². The molecule has 0 aromatic carbocycles. The standard InChI is InChI=1S/C10H18N4OS/c1-10(2,4-5-15)14-8-6-7(11)12-9(13-8)16-3/h6,15H,4-5H2,1-3H3,(H3,11,12,13,14). The number of thioether (sulfide) groups is 1. The van der Waals surface area contributed by atoms with Gasteiger partial charge in [-0.05, 0) is 26.5 Å². The third kappa shape index (κ3) is 3.86. The van der Waals surface area contributed by atoms with Crippen molar-refractivity contribution >= 4 is 23.4 Å². The number of aliphatic hydroxyl groups is 1. The molecule has 0 fully saturated rings. The lowest BCUT2D eigenvalue weighted by Gasteiger charge is -2.26. The Labute approximate surface area is 99.9 Å². The molecule has 6 heteroatoms. The van der Waals surface area contributed by atoms with Crippen molar-refractivity contribution in [3.63, 3.8) is 0 Å². The zero-order valence-electron chi connectivity index (χ0n) is 9.82. The van der Waals surface area contributed by atoms with Crippen molar-refractivity contribution < 1.29 is 5.11 Å². The van der Waals surface area contributed by atoms with Crippen LogP contribution in [0.1, 0.15) is 20.3 Å². The maximum atomic E-state index is 8.93. The zero-order chi connectivity index (χ0) is 12.2. The second-order valence-electron chi connectivity index (χ2n) is 4.15. The van der Waals surface area contributed by atoms with E-state index in [2.05, 4.69) is 15.3 Å². The predicted octanol–water partition coefficient (Wildman–Crippen LogP) is 1.35. The van der Waals surface area contributed by atoms with Gasteiger partial charge in [0.2, 0.25) is 0 Å². The Morgan fingerprint density at radius 3 is 2.75 bits per heavy atom. The Morgan fingerprint density at radius 2 is 2.19 bits per heavy atom. The van der Waals surface area contributed by atoms with Gasteiger partial charge in [-0.25, -0.2) is 9.97 Å². The van der Waals surface area contributed by atoms with Crippen molar-refractivity contribution in [1.29, 1.82) is 0 Å². The number of rotatable bonds is 5. The fourth-order valence-corrected chi connectivity index (χ4v) is 1.67. The van der Waals surface area contributed by atoms with Crippen LogP contribution in [0.3, 0.4) is 0 Å². The van der Waals surface area contributed by atoms with Crippen molar-refractivity contribution in [3.05, 3.63) is 6.07 Å². The molecule has 1 aromatic rings. The highest BCUT2D eigenvalue weighted by molar-refractivity contribution is 7.98. The first kappa shape index (κ1) is 13.1. The van der Waals surface area contributed by atoms with E-state index in [1.165, 1.54) is 11.8 Å². The van der Waals surface area contributed by atoms with Crippen LogP contribution in [0, 0.1) is 0 Å². The molecule has 1 heterocycles. The molecule has 0 unspecified atom stereocenters. The van der Waals surface area contributed by atoms with E-state index in [-0.39, 0.29) is 12.1 Å². The molecule has 16 heavy (non-hydrogen) atoms. The van der Waals surface area contributed by atoms with Crippen LogP contribution in [-0.2, 0) is 0 Å². The normalized spacial score (nSPS) is 11.5. The molecule has 4 N–H and O–H groups in total. The molecule has 0 atom stereocenters. The number of hydrogen-bond donors (Lipinski definition) is 3. The Morgan fingerprint density at radius 1 is 1.50 bits per heavy atom. The summed E-state index contributed by atoms with van der Waals surface area (Å²) < 4.78 is 0. The number of aliphatic hydroxyl groups excluding tert-OH is 1. The van der Waals surface area contributed by atoms with E-state index in [9.17, 15) is 0 Å². The van der Waals surface area contributed by atoms with Gasteiger partial charge in [0, 0.05) is 18.2 Å². The summed E-state index contributed by atoms with van der Waals surface area (Å²) in [7, 11) is 0. The van der Waals surface area contributed by atoms with Crippen LogP contribution in [-0.4, -0.2) is 33.5 Å². The van der Waals surface area contributed by atoms with Crippen LogP contribution < -0.4 is 11.1 Å². The Hall–Kier alpha value is -1.01. The lowest BCUT2D eigenvalue weighted by molar-refractivity contribution is 0.260. The molecular weight excluding hydrogens is 224 g/mol. The molecule has 1 rings (SSSR count). The molecule has 0 radical (unpaired) electrons. The second-order valence-corrected chi connectivity index (χ2v) is 4.92. The van der Waals surface area contributed by atoms with Crippen LogP contribution in [0.4, 0.5) is 11.6 Å². The number of nitrogens with one attached hydrogen (secondary N) is 1. The van der Waals surface area contributed by atoms with E-state index >= 15 is 0 Å². The van der Waals surface area contributed by atoms with Crippen molar-refractivity contribution in [2.45, 2.75) is 31.0 Å². The molecule has 0 saturated carbocycles. The molecule has 1 aromatic heterocycles. The molecule has 0 spiro atoms. The topological polar surface area (TPSA) is 84.1 Å². The Bertz CT molecular complexity index is 357. The molecule has 0 amide bonds. The van der Waals surface area contributed by atoms with Crippen LogP contribution in [0.15, 0.2) is 11.2 Å². The highest BCUT2D eigenvalue weighted by atomic mass is 32.2. The summed E-state index contributed by atoms with van der Waals surface area (Å²) in [6.07, 6.45) is 2.54. The Balaban J connectivity index is 2.84. The van der Waals surface area contributed by atoms with Crippen LogP contribution in [0.2, 0.25) is 0 Å². The highest BCUT2D eigenvalue weighted by Gasteiger charge is 2.17. The maximum absolute atomic E-state index is 8.93. The quantitative estimate of drug-likeness (QED) is 0.534. The molecule has 0 bridgehead atoms. The monoisotopic (exact) mass is 242 g/mol. The third-order valence-corrected chi connectivity index (χ3v) is 2.66. The summed E-state index contributed by atoms with van der Waals surface area (Å²) in [4.78, 5) is 8.37. The minimum Gasteiger partial charge on any atom is -0.396 e. The first-order valence-corrected chi connectivity index (χ1v) is 6.27. The summed E-state index contributed by atoms with van der Waals surface area (Å²) in [5, 5.41) is 12.8. The van der Waals surface area contributed by atoms with Crippen LogP contribution in [0.5, 0.6) is 0 Å². The molecule has 0 aliphatic heterocycles. The number of anilines is 2. The fourth-order valence-electron chi connectivity index (χ4n) is 1.29. The first-order valence-electron chi connectivity index (χ1n) is 5.04. The summed E-state index contributed by atoms with van der Waals surface area (Å²) in [6, 6.07) is 1.69. The molecular formula is C10H18N4OS. The van der Waals surface area contributed by atoms with E-state index in [1.54, 1.807) is 6.07 Å². The van der Waals surface area contributed by atoms with Gasteiger partial charge >= 0.3 is 0 Å². The van der Waals surface area contributed by atoms with E-state index < -0.39 is 0 Å². The highest BCUT2D eigenvalue weighted by Crippen LogP contribution is 2.20. The summed E-state index contributed by atoms with van der Waals surface area (Å²) in [6.45, 7) is 4.14. The minimum absolute atomic E-state index is 0.135. The summed E-state index contributed by atoms with van der Waals surface area (Å²) in [5.74, 6) is 1.14. The molecule has 0 saturated heterocycles. The predicted molar refractivity (Wildman–Crippen MR) is 67.6 cm³/mol. The number of nitrogens with zero attached hydrogens (tertiary/aromatic N) is 2. The number of nitrogen functional groups attached to an aromatic ring is 1. The van der Waals surface area contributed by atoms with Crippen molar-refractivity contribution in [2.75, 3.05) is 23.9 Å². The molecule has 0 aliphatic rings. The van der Waals surface area contributed by atoms with E-state index in [1.807, 2.05) is 20.1 Å². The molecule has 0 aliphatic carbocycles. The number of hydrogen-bond acceptors (Lipinski definition) is 6. The van der Waals surface area contributed by atoms with Gasteiger partial charge < -0.3 is 16.2 Å². The van der Waals surface area contributed by atoms with Gasteiger partial charge in [-0.15, -0.1) is 0 Å².